The Morgan fingerprint density at radius 1 is 1.25 bits per heavy atom. The molecule has 2 heterocycles. The molecule has 0 spiro atoms. The van der Waals surface area contributed by atoms with E-state index in [1.807, 2.05) is 35.9 Å². The van der Waals surface area contributed by atoms with Gasteiger partial charge >= 0.3 is 6.18 Å². The number of carbonyl (C=O) groups is 1. The van der Waals surface area contributed by atoms with Gasteiger partial charge in [0, 0.05) is 13.2 Å². The van der Waals surface area contributed by atoms with Crippen LogP contribution in [0.25, 0.3) is 10.2 Å². The Balaban J connectivity index is 1.83. The minimum atomic E-state index is -4.54. The molecular weight excluding hydrogens is 341 g/mol. The van der Waals surface area contributed by atoms with E-state index in [9.17, 15) is 18.0 Å². The molecule has 0 aliphatic rings. The molecule has 1 N–H and O–H groups in total. The summed E-state index contributed by atoms with van der Waals surface area (Å²) in [7, 11) is 1.81. The van der Waals surface area contributed by atoms with Crippen molar-refractivity contribution in [3.8, 4) is 0 Å². The smallest absolute Gasteiger partial charge is 0.318 e. The van der Waals surface area contributed by atoms with E-state index in [-0.39, 0.29) is 5.56 Å². The average molecular weight is 352 g/mol. The third-order valence-electron chi connectivity index (χ3n) is 3.28. The number of alkyl halides is 3. The molecule has 3 rings (SSSR count). The van der Waals surface area contributed by atoms with E-state index in [1.54, 1.807) is 0 Å². The Morgan fingerprint density at radius 3 is 2.62 bits per heavy atom. The molecule has 3 aromatic rings. The lowest BCUT2D eigenvalue weighted by atomic mass is 10.2. The number of aromatic nitrogens is 2. The number of benzene rings is 1. The maximum atomic E-state index is 12.5. The Bertz CT molecular complexity index is 957. The topological polar surface area (TPSA) is 59.3 Å². The van der Waals surface area contributed by atoms with Crippen LogP contribution in [0.2, 0.25) is 0 Å². The van der Waals surface area contributed by atoms with Gasteiger partial charge in [-0.3, -0.25) is 9.78 Å². The number of amides is 1. The lowest BCUT2D eigenvalue weighted by molar-refractivity contribution is -0.141. The van der Waals surface area contributed by atoms with Crippen LogP contribution in [0.15, 0.2) is 47.7 Å². The first-order valence-electron chi connectivity index (χ1n) is 6.78. The van der Waals surface area contributed by atoms with Crippen molar-refractivity contribution in [2.24, 2.45) is 12.1 Å². The highest BCUT2D eigenvalue weighted by Crippen LogP contribution is 2.27. The molecule has 2 aromatic heterocycles. The zero-order chi connectivity index (χ0) is 17.3. The molecule has 0 fully saturated rings. The molecule has 1 amide bonds. The van der Waals surface area contributed by atoms with Gasteiger partial charge in [-0.2, -0.15) is 13.2 Å². The second kappa shape index (κ2) is 6.08. The zero-order valence-electron chi connectivity index (χ0n) is 12.3. The molecule has 0 saturated heterocycles. The second-order valence-electron chi connectivity index (χ2n) is 4.89. The van der Waals surface area contributed by atoms with Crippen molar-refractivity contribution in [3.05, 3.63) is 58.7 Å². The van der Waals surface area contributed by atoms with E-state index in [0.717, 1.165) is 28.5 Å². The van der Waals surface area contributed by atoms with Crippen LogP contribution in [0.4, 0.5) is 13.2 Å². The van der Waals surface area contributed by atoms with Gasteiger partial charge in [0.25, 0.3) is 5.91 Å². The summed E-state index contributed by atoms with van der Waals surface area (Å²) < 4.78 is 40.2. The summed E-state index contributed by atoms with van der Waals surface area (Å²) in [5, 5.41) is 4.02. The Morgan fingerprint density at radius 2 is 2.00 bits per heavy atom. The lowest BCUT2D eigenvalue weighted by Crippen LogP contribution is -2.23. The SMILES string of the molecule is Cn1/c(=N\NC(=O)c2ccc(C(F)(F)F)nc2)sc2ccccc21. The van der Waals surface area contributed by atoms with Gasteiger partial charge in [-0.15, -0.1) is 5.10 Å². The first-order chi connectivity index (χ1) is 11.4. The highest BCUT2D eigenvalue weighted by atomic mass is 32.1. The molecule has 0 atom stereocenters. The number of nitrogens with zero attached hydrogens (tertiary/aromatic N) is 3. The second-order valence-corrected chi connectivity index (χ2v) is 5.90. The molecule has 5 nitrogen and oxygen atoms in total. The Hall–Kier alpha value is -2.68. The standard InChI is InChI=1S/C15H11F3N4OS/c1-22-10-4-2-3-5-11(10)24-14(22)21-20-13(23)9-6-7-12(19-8-9)15(16,17)18/h2-8H,1H3,(H,20,23)/b21-14+. The lowest BCUT2D eigenvalue weighted by Gasteiger charge is -2.05. The maximum Gasteiger partial charge on any atom is 0.433 e. The molecule has 0 bridgehead atoms. The van der Waals surface area contributed by atoms with Crippen LogP contribution < -0.4 is 10.2 Å². The van der Waals surface area contributed by atoms with Crippen molar-refractivity contribution >= 4 is 27.5 Å². The Kier molecular flexibility index (Phi) is 4.10. The number of hydrogen-bond acceptors (Lipinski definition) is 4. The third-order valence-corrected chi connectivity index (χ3v) is 4.40. The van der Waals surface area contributed by atoms with E-state index < -0.39 is 17.8 Å². The third kappa shape index (κ3) is 3.16. The molecule has 0 aliphatic heterocycles. The number of halogens is 3. The molecular formula is C15H11F3N4OS. The normalized spacial score (nSPS) is 12.6. The van der Waals surface area contributed by atoms with Gasteiger partial charge in [-0.05, 0) is 24.3 Å². The van der Waals surface area contributed by atoms with Gasteiger partial charge in [0.2, 0.25) is 4.80 Å². The van der Waals surface area contributed by atoms with Crippen LogP contribution >= 0.6 is 11.3 Å². The van der Waals surface area contributed by atoms with Gasteiger partial charge in [0.1, 0.15) is 5.69 Å². The van der Waals surface area contributed by atoms with Gasteiger partial charge < -0.3 is 4.57 Å². The summed E-state index contributed by atoms with van der Waals surface area (Å²) in [5.41, 5.74) is 2.24. The monoisotopic (exact) mass is 352 g/mol. The fourth-order valence-corrected chi connectivity index (χ4v) is 3.03. The number of thiazole rings is 1. The maximum absolute atomic E-state index is 12.5. The molecule has 1 aromatic carbocycles. The molecule has 0 unspecified atom stereocenters. The van der Waals surface area contributed by atoms with Crippen molar-refractivity contribution < 1.29 is 18.0 Å². The van der Waals surface area contributed by atoms with Crippen LogP contribution in [-0.4, -0.2) is 15.5 Å². The predicted octanol–water partition coefficient (Wildman–Crippen LogP) is 2.90. The van der Waals surface area contributed by atoms with Crippen LogP contribution in [0.3, 0.4) is 0 Å². The number of aryl methyl sites for hydroxylation is 1. The number of nitrogens with one attached hydrogen (secondary N) is 1. The summed E-state index contributed by atoms with van der Waals surface area (Å²) in [6.45, 7) is 0. The van der Waals surface area contributed by atoms with E-state index >= 15 is 0 Å². The Labute approximate surface area is 138 Å². The highest BCUT2D eigenvalue weighted by molar-refractivity contribution is 7.16. The van der Waals surface area contributed by atoms with Gasteiger partial charge in [0.05, 0.1) is 15.8 Å². The minimum Gasteiger partial charge on any atom is -0.318 e. The first kappa shape index (κ1) is 16.2. The van der Waals surface area contributed by atoms with Gasteiger partial charge in [0.15, 0.2) is 0 Å². The van der Waals surface area contributed by atoms with Crippen molar-refractivity contribution in [1.29, 1.82) is 0 Å². The number of pyridine rings is 1. The average Bonchev–Trinajstić information content (AvgIpc) is 2.88. The summed E-state index contributed by atoms with van der Waals surface area (Å²) in [6.07, 6.45) is -3.66. The minimum absolute atomic E-state index is 0.00415. The zero-order valence-corrected chi connectivity index (χ0v) is 13.1. The largest absolute Gasteiger partial charge is 0.433 e. The summed E-state index contributed by atoms with van der Waals surface area (Å²) in [4.78, 5) is 15.8. The number of rotatable bonds is 2. The number of hydrogen-bond donors (Lipinski definition) is 1. The van der Waals surface area contributed by atoms with Gasteiger partial charge in [-0.1, -0.05) is 23.5 Å². The van der Waals surface area contributed by atoms with Crippen molar-refractivity contribution in [3.63, 3.8) is 0 Å². The molecule has 124 valence electrons. The summed E-state index contributed by atoms with van der Waals surface area (Å²) in [5.74, 6) is -0.631. The van der Waals surface area contributed by atoms with Crippen LogP contribution in [0.1, 0.15) is 16.1 Å². The quantitative estimate of drug-likeness (QED) is 0.721. The fraction of sp³-hybridized carbons (Fsp3) is 0.133. The van der Waals surface area contributed by atoms with Crippen LogP contribution in [0, 0.1) is 0 Å². The number of fused-ring (bicyclic) bond motifs is 1. The van der Waals surface area contributed by atoms with E-state index in [4.69, 9.17) is 0 Å². The fourth-order valence-electron chi connectivity index (χ4n) is 2.05. The van der Waals surface area contributed by atoms with Crippen LogP contribution in [-0.2, 0) is 13.2 Å². The molecule has 24 heavy (non-hydrogen) atoms. The van der Waals surface area contributed by atoms with E-state index in [1.165, 1.54) is 11.3 Å². The van der Waals surface area contributed by atoms with E-state index in [0.29, 0.717) is 4.80 Å². The van der Waals surface area contributed by atoms with Crippen molar-refractivity contribution in [2.75, 3.05) is 0 Å². The highest BCUT2D eigenvalue weighted by Gasteiger charge is 2.32. The molecule has 0 radical (unpaired) electrons. The summed E-state index contributed by atoms with van der Waals surface area (Å²) in [6, 6.07) is 9.47. The number of carbonyl (C=O) groups excluding carboxylic acids is 1. The van der Waals surface area contributed by atoms with Crippen molar-refractivity contribution in [1.82, 2.24) is 15.0 Å². The number of para-hydroxylation sites is 1. The van der Waals surface area contributed by atoms with Gasteiger partial charge in [-0.25, -0.2) is 5.43 Å². The first-order valence-corrected chi connectivity index (χ1v) is 7.60. The molecule has 9 heteroatoms. The predicted molar refractivity (Wildman–Crippen MR) is 83.1 cm³/mol. The van der Waals surface area contributed by atoms with E-state index in [2.05, 4.69) is 15.5 Å². The molecule has 0 saturated carbocycles. The summed E-state index contributed by atoms with van der Waals surface area (Å²) >= 11 is 1.38. The van der Waals surface area contributed by atoms with Crippen LogP contribution in [0.5, 0.6) is 0 Å². The molecule has 0 aliphatic carbocycles. The van der Waals surface area contributed by atoms with Crippen molar-refractivity contribution in [2.45, 2.75) is 6.18 Å².